The number of nitrogens with two attached hydrogens (primary N) is 1. The van der Waals surface area contributed by atoms with Crippen molar-refractivity contribution >= 4 is 35.8 Å². The predicted molar refractivity (Wildman–Crippen MR) is 124 cm³/mol. The molecule has 1 amide bonds. The number of nitrogens with one attached hydrogen (secondary N) is 2. The molecular formula is C20H30IN5O3. The van der Waals surface area contributed by atoms with Crippen molar-refractivity contribution in [2.75, 3.05) is 20.2 Å². The van der Waals surface area contributed by atoms with Gasteiger partial charge in [0.15, 0.2) is 12.6 Å². The average Bonchev–Trinajstić information content (AvgIpc) is 3.11. The number of aryl methyl sites for hydroxylation is 2. The first-order chi connectivity index (χ1) is 13.6. The van der Waals surface area contributed by atoms with Crippen LogP contribution in [0.15, 0.2) is 33.8 Å². The Morgan fingerprint density at radius 2 is 1.93 bits per heavy atom. The van der Waals surface area contributed by atoms with Crippen LogP contribution in [0.1, 0.15) is 36.4 Å². The Hall–Kier alpha value is -2.30. The van der Waals surface area contributed by atoms with Gasteiger partial charge in [0, 0.05) is 32.1 Å². The van der Waals surface area contributed by atoms with Gasteiger partial charge in [-0.2, -0.15) is 0 Å². The zero-order chi connectivity index (χ0) is 20.4. The van der Waals surface area contributed by atoms with E-state index in [9.17, 15) is 4.79 Å². The maximum Gasteiger partial charge on any atom is 0.255 e. The lowest BCUT2D eigenvalue weighted by Crippen LogP contribution is -2.38. The lowest BCUT2D eigenvalue weighted by Gasteiger charge is -2.12. The number of ether oxygens (including phenoxy) is 1. The molecule has 0 atom stereocenters. The van der Waals surface area contributed by atoms with Gasteiger partial charge in [0.1, 0.15) is 11.5 Å². The number of amides is 1. The van der Waals surface area contributed by atoms with Gasteiger partial charge in [0.05, 0.1) is 5.69 Å². The lowest BCUT2D eigenvalue weighted by atomic mass is 10.1. The minimum absolute atomic E-state index is 0. The first-order valence-corrected chi connectivity index (χ1v) is 9.48. The summed E-state index contributed by atoms with van der Waals surface area (Å²) < 4.78 is 10.7. The Morgan fingerprint density at radius 1 is 1.21 bits per heavy atom. The van der Waals surface area contributed by atoms with E-state index in [4.69, 9.17) is 15.0 Å². The molecular weight excluding hydrogens is 485 g/mol. The number of benzene rings is 1. The number of guanidine groups is 1. The molecule has 0 unspecified atom stereocenters. The van der Waals surface area contributed by atoms with Crippen molar-refractivity contribution in [1.29, 1.82) is 0 Å². The standard InChI is InChI=1S/C20H29N5O3.HI/c1-4-17-16(18(5-2)28-25-17)12-24-20(22-3)23-11-10-14-6-8-15(9-7-14)27-13-19(21)26;/h6-9H,4-5,10-13H2,1-3H3,(H2,21,26)(H2,22,23,24);1H. The second kappa shape index (κ2) is 13.0. The van der Waals surface area contributed by atoms with Crippen molar-refractivity contribution in [1.82, 2.24) is 15.8 Å². The Bertz CT molecular complexity index is 768. The molecule has 0 fully saturated rings. The van der Waals surface area contributed by atoms with Gasteiger partial charge in [0.25, 0.3) is 5.91 Å². The quantitative estimate of drug-likeness (QED) is 0.254. The third kappa shape index (κ3) is 7.92. The molecule has 1 aromatic heterocycles. The highest BCUT2D eigenvalue weighted by Crippen LogP contribution is 2.15. The highest BCUT2D eigenvalue weighted by Gasteiger charge is 2.13. The van der Waals surface area contributed by atoms with E-state index in [2.05, 4.69) is 34.6 Å². The van der Waals surface area contributed by atoms with Crippen molar-refractivity contribution in [3.63, 3.8) is 0 Å². The number of rotatable bonds is 10. The molecule has 0 aliphatic heterocycles. The minimum Gasteiger partial charge on any atom is -0.484 e. The maximum atomic E-state index is 10.7. The topological polar surface area (TPSA) is 115 Å². The van der Waals surface area contributed by atoms with Crippen LogP contribution in [0.4, 0.5) is 0 Å². The number of primary amides is 1. The van der Waals surface area contributed by atoms with Gasteiger partial charge < -0.3 is 25.6 Å². The van der Waals surface area contributed by atoms with E-state index in [1.165, 1.54) is 0 Å². The normalized spacial score (nSPS) is 10.9. The molecule has 0 saturated carbocycles. The Kier molecular flexibility index (Phi) is 11.1. The summed E-state index contributed by atoms with van der Waals surface area (Å²) in [4.78, 5) is 15.0. The fourth-order valence-corrected chi connectivity index (χ4v) is 2.76. The SMILES string of the molecule is CCc1noc(CC)c1CNC(=NC)NCCc1ccc(OCC(N)=O)cc1.I. The summed E-state index contributed by atoms with van der Waals surface area (Å²) in [6.07, 6.45) is 2.48. The van der Waals surface area contributed by atoms with Crippen molar-refractivity contribution in [3.05, 3.63) is 46.8 Å². The van der Waals surface area contributed by atoms with E-state index in [1.807, 2.05) is 24.3 Å². The third-order valence-corrected chi connectivity index (χ3v) is 4.27. The fraction of sp³-hybridized carbons (Fsp3) is 0.450. The second-order valence-corrected chi connectivity index (χ2v) is 6.24. The van der Waals surface area contributed by atoms with Crippen LogP contribution in [0.5, 0.6) is 5.75 Å². The highest BCUT2D eigenvalue weighted by atomic mass is 127. The number of nitrogens with zero attached hydrogens (tertiary/aromatic N) is 2. The average molecular weight is 515 g/mol. The van der Waals surface area contributed by atoms with E-state index in [0.717, 1.165) is 54.3 Å². The summed E-state index contributed by atoms with van der Waals surface area (Å²) in [6.45, 7) is 5.36. The molecule has 2 aromatic rings. The number of aliphatic imine (C=N–C) groups is 1. The van der Waals surface area contributed by atoms with Crippen LogP contribution < -0.4 is 21.1 Å². The van der Waals surface area contributed by atoms with Gasteiger partial charge in [-0.05, 0) is 30.5 Å². The summed E-state index contributed by atoms with van der Waals surface area (Å²) in [7, 11) is 1.75. The minimum atomic E-state index is -0.490. The van der Waals surface area contributed by atoms with Crippen molar-refractivity contribution in [2.45, 2.75) is 39.7 Å². The van der Waals surface area contributed by atoms with E-state index >= 15 is 0 Å². The molecule has 8 nitrogen and oxygen atoms in total. The third-order valence-electron chi connectivity index (χ3n) is 4.27. The highest BCUT2D eigenvalue weighted by molar-refractivity contribution is 14.0. The van der Waals surface area contributed by atoms with E-state index in [-0.39, 0.29) is 30.6 Å². The van der Waals surface area contributed by atoms with Crippen LogP contribution in [0.3, 0.4) is 0 Å². The van der Waals surface area contributed by atoms with Crippen LogP contribution >= 0.6 is 24.0 Å². The summed E-state index contributed by atoms with van der Waals surface area (Å²) in [5, 5.41) is 10.8. The molecule has 0 spiro atoms. The van der Waals surface area contributed by atoms with Crippen LogP contribution in [0.25, 0.3) is 0 Å². The molecule has 4 N–H and O–H groups in total. The number of hydrogen-bond donors (Lipinski definition) is 3. The summed E-state index contributed by atoms with van der Waals surface area (Å²) >= 11 is 0. The van der Waals surface area contributed by atoms with E-state index in [1.54, 1.807) is 7.05 Å². The van der Waals surface area contributed by atoms with Gasteiger partial charge in [-0.3, -0.25) is 9.79 Å². The van der Waals surface area contributed by atoms with Crippen LogP contribution in [-0.2, 0) is 30.6 Å². The number of carbonyl (C=O) groups excluding carboxylic acids is 1. The smallest absolute Gasteiger partial charge is 0.255 e. The van der Waals surface area contributed by atoms with Crippen LogP contribution in [0, 0.1) is 0 Å². The monoisotopic (exact) mass is 515 g/mol. The molecule has 1 aromatic carbocycles. The molecule has 0 saturated heterocycles. The van der Waals surface area contributed by atoms with Gasteiger partial charge >= 0.3 is 0 Å². The fourth-order valence-electron chi connectivity index (χ4n) is 2.76. The first kappa shape index (κ1) is 24.7. The van der Waals surface area contributed by atoms with Gasteiger partial charge in [-0.1, -0.05) is 31.1 Å². The van der Waals surface area contributed by atoms with Crippen LogP contribution in [0.2, 0.25) is 0 Å². The Morgan fingerprint density at radius 3 is 2.52 bits per heavy atom. The largest absolute Gasteiger partial charge is 0.484 e. The van der Waals surface area contributed by atoms with Gasteiger partial charge in [-0.25, -0.2) is 0 Å². The molecule has 9 heteroatoms. The molecule has 1 heterocycles. The molecule has 160 valence electrons. The van der Waals surface area contributed by atoms with Crippen molar-refractivity contribution in [3.8, 4) is 5.75 Å². The van der Waals surface area contributed by atoms with Gasteiger partial charge in [0.2, 0.25) is 0 Å². The van der Waals surface area contributed by atoms with Gasteiger partial charge in [-0.15, -0.1) is 24.0 Å². The number of carbonyl (C=O) groups is 1. The second-order valence-electron chi connectivity index (χ2n) is 6.24. The summed E-state index contributed by atoms with van der Waals surface area (Å²) in [5.41, 5.74) is 8.31. The van der Waals surface area contributed by atoms with E-state index in [0.29, 0.717) is 12.3 Å². The van der Waals surface area contributed by atoms with Crippen molar-refractivity contribution < 1.29 is 14.1 Å². The van der Waals surface area contributed by atoms with E-state index < -0.39 is 5.91 Å². The van der Waals surface area contributed by atoms with Crippen LogP contribution in [-0.4, -0.2) is 37.2 Å². The molecule has 0 aliphatic rings. The van der Waals surface area contributed by atoms with Crippen molar-refractivity contribution in [2.24, 2.45) is 10.7 Å². The lowest BCUT2D eigenvalue weighted by molar-refractivity contribution is -0.119. The predicted octanol–water partition coefficient (Wildman–Crippen LogP) is 2.19. The summed E-state index contributed by atoms with van der Waals surface area (Å²) in [5.74, 6) is 1.78. The Balaban J connectivity index is 0.00000420. The number of aromatic nitrogens is 1. The first-order valence-electron chi connectivity index (χ1n) is 9.48. The molecule has 2 rings (SSSR count). The number of hydrogen-bond acceptors (Lipinski definition) is 5. The molecule has 0 aliphatic carbocycles. The maximum absolute atomic E-state index is 10.7. The Labute approximate surface area is 188 Å². The molecule has 29 heavy (non-hydrogen) atoms. The zero-order valence-corrected chi connectivity index (χ0v) is 19.5. The zero-order valence-electron chi connectivity index (χ0n) is 17.2. The molecule has 0 radical (unpaired) electrons. The summed E-state index contributed by atoms with van der Waals surface area (Å²) in [6, 6.07) is 7.59. The number of halogens is 1. The molecule has 0 bridgehead atoms.